The number of hydrogen-bond donors (Lipinski definition) is 1. The summed E-state index contributed by atoms with van der Waals surface area (Å²) in [6.07, 6.45) is 3.23. The molecule has 0 aromatic heterocycles. The lowest BCUT2D eigenvalue weighted by atomic mass is 9.68. The van der Waals surface area contributed by atoms with Crippen molar-refractivity contribution in [2.75, 3.05) is 20.1 Å². The summed E-state index contributed by atoms with van der Waals surface area (Å²) < 4.78 is 0. The van der Waals surface area contributed by atoms with Crippen LogP contribution >= 0.6 is 0 Å². The fraction of sp³-hybridized carbons (Fsp3) is 0.833. The van der Waals surface area contributed by atoms with Crippen molar-refractivity contribution in [1.29, 1.82) is 0 Å². The zero-order chi connectivity index (χ0) is 11.8. The molecule has 4 nitrogen and oxygen atoms in total. The molecule has 2 aliphatic heterocycles. The van der Waals surface area contributed by atoms with E-state index >= 15 is 0 Å². The third-order valence-corrected chi connectivity index (χ3v) is 4.32. The highest BCUT2D eigenvalue weighted by Crippen LogP contribution is 2.45. The largest absolute Gasteiger partial charge is 0.317 e. The molecule has 0 aromatic rings. The van der Waals surface area contributed by atoms with Gasteiger partial charge in [0, 0.05) is 13.5 Å². The van der Waals surface area contributed by atoms with Crippen LogP contribution in [0.25, 0.3) is 0 Å². The van der Waals surface area contributed by atoms with Gasteiger partial charge in [0.25, 0.3) is 0 Å². The lowest BCUT2D eigenvalue weighted by Crippen LogP contribution is -2.43. The number of nitrogens with one attached hydrogen (secondary N) is 1. The van der Waals surface area contributed by atoms with Crippen molar-refractivity contribution in [3.05, 3.63) is 0 Å². The summed E-state index contributed by atoms with van der Waals surface area (Å²) in [5, 5.41) is 3.31. The summed E-state index contributed by atoms with van der Waals surface area (Å²) in [6.45, 7) is 3.97. The van der Waals surface area contributed by atoms with Crippen LogP contribution in [0, 0.1) is 11.3 Å². The van der Waals surface area contributed by atoms with Crippen molar-refractivity contribution in [2.24, 2.45) is 11.3 Å². The van der Waals surface area contributed by atoms with Gasteiger partial charge in [-0.1, -0.05) is 6.92 Å². The van der Waals surface area contributed by atoms with Crippen molar-refractivity contribution in [2.45, 2.75) is 32.6 Å². The average Bonchev–Trinajstić information content (AvgIpc) is 2.55. The Bertz CT molecular complexity index is 310. The topological polar surface area (TPSA) is 49.4 Å². The molecule has 16 heavy (non-hydrogen) atoms. The minimum atomic E-state index is -0.395. The first-order valence-corrected chi connectivity index (χ1v) is 6.13. The van der Waals surface area contributed by atoms with Crippen LogP contribution in [0.3, 0.4) is 0 Å². The third-order valence-electron chi connectivity index (χ3n) is 4.32. The molecule has 1 unspecified atom stereocenters. The quantitative estimate of drug-likeness (QED) is 0.705. The Hall–Kier alpha value is -0.900. The van der Waals surface area contributed by atoms with Crippen molar-refractivity contribution in [3.8, 4) is 0 Å². The van der Waals surface area contributed by atoms with Gasteiger partial charge in [-0.25, -0.2) is 0 Å². The van der Waals surface area contributed by atoms with E-state index in [1.54, 1.807) is 7.05 Å². The number of hydrogen-bond acceptors (Lipinski definition) is 3. The molecule has 4 heteroatoms. The molecule has 0 aliphatic carbocycles. The molecule has 0 spiro atoms. The first kappa shape index (κ1) is 11.6. The SMILES string of the molecule is CCC1(C2CCNCC2)CC(=O)N(C)C1=O. The summed E-state index contributed by atoms with van der Waals surface area (Å²) in [7, 11) is 1.61. The van der Waals surface area contributed by atoms with E-state index < -0.39 is 5.41 Å². The number of piperidine rings is 1. The number of likely N-dealkylation sites (tertiary alicyclic amines) is 1. The van der Waals surface area contributed by atoms with Gasteiger partial charge in [-0.05, 0) is 38.3 Å². The lowest BCUT2D eigenvalue weighted by molar-refractivity contribution is -0.141. The second kappa shape index (κ2) is 4.17. The maximum absolute atomic E-state index is 12.3. The number of amides is 2. The molecule has 1 atom stereocenters. The van der Waals surface area contributed by atoms with E-state index in [2.05, 4.69) is 5.32 Å². The molecule has 1 N–H and O–H groups in total. The van der Waals surface area contributed by atoms with Crippen LogP contribution in [0.1, 0.15) is 32.6 Å². The van der Waals surface area contributed by atoms with E-state index in [0.29, 0.717) is 12.3 Å². The predicted octanol–water partition coefficient (Wildman–Crippen LogP) is 0.771. The molecule has 2 rings (SSSR count). The van der Waals surface area contributed by atoms with Gasteiger partial charge in [0.1, 0.15) is 0 Å². The molecule has 2 fully saturated rings. The van der Waals surface area contributed by atoms with Crippen molar-refractivity contribution in [1.82, 2.24) is 10.2 Å². The second-order valence-corrected chi connectivity index (χ2v) is 4.97. The maximum atomic E-state index is 12.3. The molecule has 2 saturated heterocycles. The van der Waals surface area contributed by atoms with Crippen LogP contribution in [0.4, 0.5) is 0 Å². The van der Waals surface area contributed by atoms with E-state index in [4.69, 9.17) is 0 Å². The summed E-state index contributed by atoms with van der Waals surface area (Å²) in [5.74, 6) is 0.414. The van der Waals surface area contributed by atoms with Gasteiger partial charge >= 0.3 is 0 Å². The molecule has 2 amide bonds. The number of carbonyl (C=O) groups is 2. The number of rotatable bonds is 2. The van der Waals surface area contributed by atoms with Gasteiger partial charge in [0.05, 0.1) is 5.41 Å². The van der Waals surface area contributed by atoms with Gasteiger partial charge in [-0.3, -0.25) is 14.5 Å². The van der Waals surface area contributed by atoms with Crippen molar-refractivity contribution < 1.29 is 9.59 Å². The Balaban J connectivity index is 2.25. The third kappa shape index (κ3) is 1.56. The molecule has 2 heterocycles. The summed E-state index contributed by atoms with van der Waals surface area (Å²) in [4.78, 5) is 25.3. The minimum absolute atomic E-state index is 0.00890. The summed E-state index contributed by atoms with van der Waals surface area (Å²) in [5.41, 5.74) is -0.395. The van der Waals surface area contributed by atoms with Gasteiger partial charge in [-0.2, -0.15) is 0 Å². The Morgan fingerprint density at radius 1 is 1.38 bits per heavy atom. The van der Waals surface area contributed by atoms with Crippen LogP contribution in [-0.4, -0.2) is 36.9 Å². The number of nitrogens with zero attached hydrogens (tertiary/aromatic N) is 1. The molecule has 2 aliphatic rings. The van der Waals surface area contributed by atoms with Crippen LogP contribution < -0.4 is 5.32 Å². The van der Waals surface area contributed by atoms with Gasteiger partial charge in [0.2, 0.25) is 11.8 Å². The Labute approximate surface area is 96.4 Å². The Morgan fingerprint density at radius 3 is 2.44 bits per heavy atom. The van der Waals surface area contributed by atoms with E-state index in [1.165, 1.54) is 4.90 Å². The molecule has 0 saturated carbocycles. The zero-order valence-electron chi connectivity index (χ0n) is 10.1. The zero-order valence-corrected chi connectivity index (χ0v) is 10.1. The first-order chi connectivity index (χ1) is 7.62. The number of imide groups is 1. The van der Waals surface area contributed by atoms with E-state index in [0.717, 1.165) is 32.4 Å². The normalized spacial score (nSPS) is 32.5. The predicted molar refractivity (Wildman–Crippen MR) is 60.7 cm³/mol. The molecular formula is C12H20N2O2. The highest BCUT2D eigenvalue weighted by atomic mass is 16.2. The Morgan fingerprint density at radius 2 is 2.00 bits per heavy atom. The van der Waals surface area contributed by atoms with Gasteiger partial charge in [-0.15, -0.1) is 0 Å². The molecule has 90 valence electrons. The molecular weight excluding hydrogens is 204 g/mol. The van der Waals surface area contributed by atoms with Gasteiger partial charge in [0.15, 0.2) is 0 Å². The standard InChI is InChI=1S/C12H20N2O2/c1-3-12(9-4-6-13-7-5-9)8-10(15)14(2)11(12)16/h9,13H,3-8H2,1-2H3. The highest BCUT2D eigenvalue weighted by molar-refractivity contribution is 6.05. The maximum Gasteiger partial charge on any atom is 0.235 e. The fourth-order valence-corrected chi connectivity index (χ4v) is 3.17. The van der Waals surface area contributed by atoms with Crippen LogP contribution in [0.2, 0.25) is 0 Å². The fourth-order valence-electron chi connectivity index (χ4n) is 3.17. The second-order valence-electron chi connectivity index (χ2n) is 4.97. The Kier molecular flexibility index (Phi) is 3.02. The smallest absolute Gasteiger partial charge is 0.235 e. The molecule has 0 radical (unpaired) electrons. The first-order valence-electron chi connectivity index (χ1n) is 6.13. The van der Waals surface area contributed by atoms with E-state index in [-0.39, 0.29) is 11.8 Å². The molecule has 0 aromatic carbocycles. The van der Waals surface area contributed by atoms with Crippen molar-refractivity contribution in [3.63, 3.8) is 0 Å². The summed E-state index contributed by atoms with van der Waals surface area (Å²) in [6, 6.07) is 0. The van der Waals surface area contributed by atoms with Crippen molar-refractivity contribution >= 4 is 11.8 Å². The highest BCUT2D eigenvalue weighted by Gasteiger charge is 2.53. The monoisotopic (exact) mass is 224 g/mol. The van der Waals surface area contributed by atoms with Crippen LogP contribution in [0.5, 0.6) is 0 Å². The van der Waals surface area contributed by atoms with E-state index in [1.807, 2.05) is 6.92 Å². The summed E-state index contributed by atoms with van der Waals surface area (Å²) >= 11 is 0. The number of carbonyl (C=O) groups excluding carboxylic acids is 2. The lowest BCUT2D eigenvalue weighted by Gasteiger charge is -2.36. The van der Waals surface area contributed by atoms with E-state index in [9.17, 15) is 9.59 Å². The van der Waals surface area contributed by atoms with Gasteiger partial charge < -0.3 is 5.32 Å². The minimum Gasteiger partial charge on any atom is -0.317 e. The average molecular weight is 224 g/mol. The van der Waals surface area contributed by atoms with Crippen LogP contribution in [-0.2, 0) is 9.59 Å². The van der Waals surface area contributed by atoms with Crippen LogP contribution in [0.15, 0.2) is 0 Å². The molecule has 0 bridgehead atoms.